The van der Waals surface area contributed by atoms with Gasteiger partial charge >= 0.3 is 6.03 Å². The lowest BCUT2D eigenvalue weighted by molar-refractivity contribution is 0.262. The highest BCUT2D eigenvalue weighted by Crippen LogP contribution is 2.21. The zero-order valence-electron chi connectivity index (χ0n) is 16.1. The van der Waals surface area contributed by atoms with Gasteiger partial charge in [-0.1, -0.05) is 0 Å². The van der Waals surface area contributed by atoms with Crippen molar-refractivity contribution in [2.75, 3.05) is 34.9 Å². The van der Waals surface area contributed by atoms with Gasteiger partial charge in [-0.05, 0) is 43.3 Å². The summed E-state index contributed by atoms with van der Waals surface area (Å²) >= 11 is 0. The highest BCUT2D eigenvalue weighted by molar-refractivity contribution is 5.99. The van der Waals surface area contributed by atoms with E-state index < -0.39 is 17.7 Å². The predicted octanol–water partition coefficient (Wildman–Crippen LogP) is 4.52. The van der Waals surface area contributed by atoms with E-state index in [-0.39, 0.29) is 5.69 Å². The van der Waals surface area contributed by atoms with E-state index in [2.05, 4.69) is 25.9 Å². The maximum absolute atomic E-state index is 13.6. The summed E-state index contributed by atoms with van der Waals surface area (Å²) in [6.07, 6.45) is 0. The Morgan fingerprint density at radius 1 is 0.931 bits per heavy atom. The molecule has 3 rings (SSSR count). The Morgan fingerprint density at radius 2 is 1.62 bits per heavy atom. The SMILES string of the molecule is Cc1nc(Nc2ccc(NC(=O)Nc3ccc(F)cc3F)cc2)cc(N(C)C)n1. The van der Waals surface area contributed by atoms with Crippen molar-refractivity contribution < 1.29 is 13.6 Å². The Hall–Kier alpha value is -3.75. The number of anilines is 5. The number of aryl methyl sites for hydroxylation is 1. The first kappa shape index (κ1) is 20.0. The number of amides is 2. The number of urea groups is 1. The quantitative estimate of drug-likeness (QED) is 0.589. The summed E-state index contributed by atoms with van der Waals surface area (Å²) in [6.45, 7) is 1.81. The molecule has 0 bridgehead atoms. The molecule has 0 aliphatic rings. The molecule has 0 spiro atoms. The van der Waals surface area contributed by atoms with E-state index in [0.29, 0.717) is 23.4 Å². The molecule has 0 atom stereocenters. The van der Waals surface area contributed by atoms with Gasteiger partial charge in [-0.15, -0.1) is 0 Å². The summed E-state index contributed by atoms with van der Waals surface area (Å²) in [5.74, 6) is 0.501. The molecular weight excluding hydrogens is 378 g/mol. The van der Waals surface area contributed by atoms with E-state index in [1.807, 2.05) is 32.0 Å². The molecule has 0 unspecified atom stereocenters. The van der Waals surface area contributed by atoms with Gasteiger partial charge in [0.25, 0.3) is 0 Å². The van der Waals surface area contributed by atoms with Crippen LogP contribution in [0.15, 0.2) is 48.5 Å². The number of hydrogen-bond acceptors (Lipinski definition) is 5. The molecule has 0 saturated carbocycles. The molecule has 0 fully saturated rings. The van der Waals surface area contributed by atoms with Crippen molar-refractivity contribution in [3.05, 3.63) is 66.0 Å². The van der Waals surface area contributed by atoms with Gasteiger partial charge in [0.15, 0.2) is 0 Å². The minimum Gasteiger partial charge on any atom is -0.363 e. The van der Waals surface area contributed by atoms with Crippen molar-refractivity contribution in [1.29, 1.82) is 0 Å². The van der Waals surface area contributed by atoms with E-state index in [9.17, 15) is 13.6 Å². The third kappa shape index (κ3) is 5.38. The third-order valence-corrected chi connectivity index (χ3v) is 3.88. The highest BCUT2D eigenvalue weighted by Gasteiger charge is 2.09. The maximum atomic E-state index is 13.6. The Kier molecular flexibility index (Phi) is 5.87. The number of nitrogens with one attached hydrogen (secondary N) is 3. The van der Waals surface area contributed by atoms with Crippen LogP contribution in [-0.2, 0) is 0 Å². The molecule has 1 heterocycles. The molecule has 29 heavy (non-hydrogen) atoms. The van der Waals surface area contributed by atoms with Crippen LogP contribution in [0.25, 0.3) is 0 Å². The number of hydrogen-bond donors (Lipinski definition) is 3. The standard InChI is InChI=1S/C20H20F2N6O/c1-12-23-18(11-19(24-12)28(2)3)25-14-5-7-15(8-6-14)26-20(29)27-17-9-4-13(21)10-16(17)22/h4-11H,1-3H3,(H,23,24,25)(H2,26,27,29). The van der Waals surface area contributed by atoms with Crippen LogP contribution in [0.4, 0.5) is 42.3 Å². The molecule has 2 aromatic carbocycles. The van der Waals surface area contributed by atoms with Crippen LogP contribution in [-0.4, -0.2) is 30.1 Å². The average Bonchev–Trinajstić information content (AvgIpc) is 2.65. The minimum absolute atomic E-state index is 0.113. The van der Waals surface area contributed by atoms with E-state index in [0.717, 1.165) is 23.6 Å². The Morgan fingerprint density at radius 3 is 2.28 bits per heavy atom. The van der Waals surface area contributed by atoms with Crippen molar-refractivity contribution in [2.45, 2.75) is 6.92 Å². The van der Waals surface area contributed by atoms with Gasteiger partial charge in [-0.3, -0.25) is 0 Å². The molecule has 0 radical (unpaired) electrons. The van der Waals surface area contributed by atoms with Gasteiger partial charge in [0, 0.05) is 37.6 Å². The molecule has 9 heteroatoms. The van der Waals surface area contributed by atoms with Crippen molar-refractivity contribution in [3.8, 4) is 0 Å². The largest absolute Gasteiger partial charge is 0.363 e. The second-order valence-corrected chi connectivity index (χ2v) is 6.46. The van der Waals surface area contributed by atoms with Gasteiger partial charge in [-0.2, -0.15) is 0 Å². The lowest BCUT2D eigenvalue weighted by Gasteiger charge is -2.14. The molecule has 7 nitrogen and oxygen atoms in total. The first-order valence-corrected chi connectivity index (χ1v) is 8.73. The van der Waals surface area contributed by atoms with Gasteiger partial charge in [-0.25, -0.2) is 23.5 Å². The summed E-state index contributed by atoms with van der Waals surface area (Å²) < 4.78 is 26.5. The number of halogens is 2. The van der Waals surface area contributed by atoms with Crippen LogP contribution >= 0.6 is 0 Å². The fraction of sp³-hybridized carbons (Fsp3) is 0.150. The third-order valence-electron chi connectivity index (χ3n) is 3.88. The van der Waals surface area contributed by atoms with Crippen LogP contribution in [0.5, 0.6) is 0 Å². The summed E-state index contributed by atoms with van der Waals surface area (Å²) in [5.41, 5.74) is 1.16. The van der Waals surface area contributed by atoms with Gasteiger partial charge in [0.05, 0.1) is 5.69 Å². The molecule has 1 aromatic heterocycles. The number of rotatable bonds is 5. The Balaban J connectivity index is 1.63. The number of benzene rings is 2. The summed E-state index contributed by atoms with van der Waals surface area (Å²) in [4.78, 5) is 22.6. The lowest BCUT2D eigenvalue weighted by atomic mass is 10.2. The molecular formula is C20H20F2N6O. The van der Waals surface area contributed by atoms with Crippen LogP contribution in [0.3, 0.4) is 0 Å². The van der Waals surface area contributed by atoms with E-state index in [1.54, 1.807) is 24.3 Å². The first-order valence-electron chi connectivity index (χ1n) is 8.73. The van der Waals surface area contributed by atoms with Gasteiger partial charge in [0.1, 0.15) is 29.1 Å². The van der Waals surface area contributed by atoms with Crippen molar-refractivity contribution in [3.63, 3.8) is 0 Å². The predicted molar refractivity (Wildman–Crippen MR) is 110 cm³/mol. The number of carbonyl (C=O) groups is 1. The number of nitrogens with zero attached hydrogens (tertiary/aromatic N) is 3. The number of carbonyl (C=O) groups excluding carboxylic acids is 1. The van der Waals surface area contributed by atoms with E-state index in [1.165, 1.54) is 0 Å². The highest BCUT2D eigenvalue weighted by atomic mass is 19.1. The van der Waals surface area contributed by atoms with Gasteiger partial charge in [0.2, 0.25) is 0 Å². The van der Waals surface area contributed by atoms with Crippen LogP contribution in [0, 0.1) is 18.6 Å². The average molecular weight is 398 g/mol. The second kappa shape index (κ2) is 8.51. The second-order valence-electron chi connectivity index (χ2n) is 6.46. The molecule has 2 amide bonds. The zero-order chi connectivity index (χ0) is 21.0. The molecule has 3 N–H and O–H groups in total. The lowest BCUT2D eigenvalue weighted by Crippen LogP contribution is -2.20. The summed E-state index contributed by atoms with van der Waals surface area (Å²) in [5, 5.41) is 8.10. The molecule has 150 valence electrons. The molecule has 0 aliphatic heterocycles. The topological polar surface area (TPSA) is 82.2 Å². The van der Waals surface area contributed by atoms with E-state index >= 15 is 0 Å². The van der Waals surface area contributed by atoms with Crippen molar-refractivity contribution in [2.24, 2.45) is 0 Å². The zero-order valence-corrected chi connectivity index (χ0v) is 16.1. The Labute approximate surface area is 166 Å². The first-order chi connectivity index (χ1) is 13.8. The maximum Gasteiger partial charge on any atom is 0.323 e. The van der Waals surface area contributed by atoms with E-state index in [4.69, 9.17) is 0 Å². The summed E-state index contributed by atoms with van der Waals surface area (Å²) in [7, 11) is 3.80. The summed E-state index contributed by atoms with van der Waals surface area (Å²) in [6, 6.07) is 11.0. The van der Waals surface area contributed by atoms with Crippen LogP contribution in [0.2, 0.25) is 0 Å². The smallest absolute Gasteiger partial charge is 0.323 e. The normalized spacial score (nSPS) is 10.4. The van der Waals surface area contributed by atoms with Crippen LogP contribution in [0.1, 0.15) is 5.82 Å². The van der Waals surface area contributed by atoms with Crippen LogP contribution < -0.4 is 20.9 Å². The molecule has 0 saturated heterocycles. The van der Waals surface area contributed by atoms with Crippen molar-refractivity contribution in [1.82, 2.24) is 9.97 Å². The minimum atomic E-state index is -0.850. The molecule has 0 aliphatic carbocycles. The Bertz CT molecular complexity index is 1020. The monoisotopic (exact) mass is 398 g/mol. The molecule has 3 aromatic rings. The fourth-order valence-electron chi connectivity index (χ4n) is 2.51. The fourth-order valence-corrected chi connectivity index (χ4v) is 2.51. The number of aromatic nitrogens is 2. The van der Waals surface area contributed by atoms with Crippen molar-refractivity contribution >= 4 is 34.7 Å². The van der Waals surface area contributed by atoms with Gasteiger partial charge < -0.3 is 20.9 Å².